The summed E-state index contributed by atoms with van der Waals surface area (Å²) in [6.45, 7) is 0. The first-order valence-electron chi connectivity index (χ1n) is 4.25. The second-order valence-electron chi connectivity index (χ2n) is 2.76. The van der Waals surface area contributed by atoms with Crippen LogP contribution in [0.5, 0.6) is 0 Å². The third kappa shape index (κ3) is 3.54. The zero-order valence-electron chi connectivity index (χ0n) is 8.58. The van der Waals surface area contributed by atoms with Crippen molar-refractivity contribution < 1.29 is 17.8 Å². The molecule has 0 N–H and O–H groups in total. The van der Waals surface area contributed by atoms with E-state index in [4.69, 9.17) is 9.05 Å². The van der Waals surface area contributed by atoms with Gasteiger partial charge in [-0.25, -0.2) is 0 Å². The van der Waals surface area contributed by atoms with E-state index in [9.17, 15) is 8.77 Å². The van der Waals surface area contributed by atoms with E-state index < -0.39 is 18.4 Å². The van der Waals surface area contributed by atoms with Crippen LogP contribution in [0.4, 0.5) is 0 Å². The summed E-state index contributed by atoms with van der Waals surface area (Å²) >= 11 is 0. The minimum atomic E-state index is -3.20. The van der Waals surface area contributed by atoms with Crippen LogP contribution in [0, 0.1) is 0 Å². The SMILES string of the molecule is COP(=O)(C[S@@](=O)c1ccccc1)OC. The molecule has 0 bridgehead atoms. The lowest BCUT2D eigenvalue weighted by atomic mass is 10.4. The predicted molar refractivity (Wildman–Crippen MR) is 59.3 cm³/mol. The Bertz CT molecular complexity index is 371. The second kappa shape index (κ2) is 5.56. The van der Waals surface area contributed by atoms with E-state index in [1.807, 2.05) is 6.07 Å². The van der Waals surface area contributed by atoms with Crippen LogP contribution in [0.3, 0.4) is 0 Å². The first-order chi connectivity index (χ1) is 7.11. The van der Waals surface area contributed by atoms with Gasteiger partial charge >= 0.3 is 7.60 Å². The highest BCUT2D eigenvalue weighted by Gasteiger charge is 2.25. The highest BCUT2D eigenvalue weighted by molar-refractivity contribution is 7.92. The Kier molecular flexibility index (Phi) is 4.67. The normalized spacial score (nSPS) is 13.7. The molecule has 6 heteroatoms. The molecule has 0 aliphatic rings. The van der Waals surface area contributed by atoms with Crippen molar-refractivity contribution in [2.75, 3.05) is 19.7 Å². The monoisotopic (exact) mass is 248 g/mol. The van der Waals surface area contributed by atoms with Crippen molar-refractivity contribution in [1.29, 1.82) is 0 Å². The minimum absolute atomic E-state index is 0.121. The molecule has 0 unspecified atom stereocenters. The third-order valence-electron chi connectivity index (χ3n) is 1.84. The Morgan fingerprint density at radius 2 is 1.73 bits per heavy atom. The van der Waals surface area contributed by atoms with E-state index in [0.29, 0.717) is 4.90 Å². The topological polar surface area (TPSA) is 52.6 Å². The van der Waals surface area contributed by atoms with E-state index in [0.717, 1.165) is 0 Å². The summed E-state index contributed by atoms with van der Waals surface area (Å²) in [4.78, 5) is 0.617. The molecule has 0 amide bonds. The molecule has 0 aliphatic carbocycles. The summed E-state index contributed by atoms with van der Waals surface area (Å²) in [5.74, 6) is 0. The van der Waals surface area contributed by atoms with Crippen LogP contribution in [0.2, 0.25) is 0 Å². The summed E-state index contributed by atoms with van der Waals surface area (Å²) in [5.41, 5.74) is -0.121. The fraction of sp³-hybridized carbons (Fsp3) is 0.333. The van der Waals surface area contributed by atoms with E-state index >= 15 is 0 Å². The van der Waals surface area contributed by atoms with Crippen molar-refractivity contribution in [2.24, 2.45) is 0 Å². The van der Waals surface area contributed by atoms with E-state index in [1.165, 1.54) is 14.2 Å². The minimum Gasteiger partial charge on any atom is -0.311 e. The fourth-order valence-electron chi connectivity index (χ4n) is 0.970. The van der Waals surface area contributed by atoms with Gasteiger partial charge in [-0.15, -0.1) is 0 Å². The van der Waals surface area contributed by atoms with Crippen LogP contribution in [-0.4, -0.2) is 23.9 Å². The van der Waals surface area contributed by atoms with Gasteiger partial charge in [0.25, 0.3) is 0 Å². The van der Waals surface area contributed by atoms with Crippen LogP contribution < -0.4 is 0 Å². The van der Waals surface area contributed by atoms with Gasteiger partial charge in [-0.2, -0.15) is 0 Å². The molecule has 1 aromatic rings. The number of rotatable bonds is 5. The standard InChI is InChI=1S/C9H13O4PS/c1-12-14(10,13-2)8-15(11)9-6-4-3-5-7-9/h3-7H,8H2,1-2H3/t15-/m1/s1. The molecule has 1 atom stereocenters. The highest BCUT2D eigenvalue weighted by atomic mass is 32.2. The molecule has 15 heavy (non-hydrogen) atoms. The van der Waals surface area contributed by atoms with E-state index in [1.54, 1.807) is 24.3 Å². The maximum Gasteiger partial charge on any atom is 0.342 e. The predicted octanol–water partition coefficient (Wildman–Crippen LogP) is 2.24. The van der Waals surface area contributed by atoms with Crippen molar-refractivity contribution in [2.45, 2.75) is 4.90 Å². The Morgan fingerprint density at radius 3 is 2.20 bits per heavy atom. The van der Waals surface area contributed by atoms with Gasteiger partial charge in [0.05, 0.1) is 10.8 Å². The quantitative estimate of drug-likeness (QED) is 0.750. The summed E-state index contributed by atoms with van der Waals surface area (Å²) in [7, 11) is -2.00. The van der Waals surface area contributed by atoms with Gasteiger partial charge < -0.3 is 9.05 Å². The van der Waals surface area contributed by atoms with Crippen molar-refractivity contribution in [3.8, 4) is 0 Å². The van der Waals surface area contributed by atoms with Crippen molar-refractivity contribution in [1.82, 2.24) is 0 Å². The number of hydrogen-bond donors (Lipinski definition) is 0. The summed E-state index contributed by atoms with van der Waals surface area (Å²) in [6, 6.07) is 8.81. The van der Waals surface area contributed by atoms with Gasteiger partial charge in [0, 0.05) is 19.1 Å². The van der Waals surface area contributed by atoms with Crippen LogP contribution in [0.1, 0.15) is 0 Å². The zero-order chi connectivity index (χ0) is 11.3. The van der Waals surface area contributed by atoms with Gasteiger partial charge in [0.15, 0.2) is 0 Å². The zero-order valence-corrected chi connectivity index (χ0v) is 10.3. The van der Waals surface area contributed by atoms with Gasteiger partial charge in [-0.3, -0.25) is 8.77 Å². The van der Waals surface area contributed by atoms with Crippen molar-refractivity contribution in [3.05, 3.63) is 30.3 Å². The number of hydrogen-bond acceptors (Lipinski definition) is 4. The highest BCUT2D eigenvalue weighted by Crippen LogP contribution is 2.47. The molecule has 0 heterocycles. The molecule has 84 valence electrons. The Balaban J connectivity index is 2.76. The molecule has 0 fully saturated rings. The largest absolute Gasteiger partial charge is 0.342 e. The average molecular weight is 248 g/mol. The molecule has 0 saturated heterocycles. The van der Waals surface area contributed by atoms with Crippen LogP contribution in [0.15, 0.2) is 35.2 Å². The third-order valence-corrected chi connectivity index (χ3v) is 5.95. The smallest absolute Gasteiger partial charge is 0.311 e. The van der Waals surface area contributed by atoms with Gasteiger partial charge in [0.2, 0.25) is 0 Å². The Labute approximate surface area is 91.6 Å². The van der Waals surface area contributed by atoms with Crippen LogP contribution in [0.25, 0.3) is 0 Å². The van der Waals surface area contributed by atoms with Gasteiger partial charge in [0.1, 0.15) is 5.49 Å². The first-order valence-corrected chi connectivity index (χ1v) is 7.30. The lowest BCUT2D eigenvalue weighted by Gasteiger charge is -2.12. The molecule has 0 aromatic heterocycles. The molecule has 0 spiro atoms. The molecule has 0 radical (unpaired) electrons. The fourth-order valence-corrected chi connectivity index (χ4v) is 4.17. The van der Waals surface area contributed by atoms with Gasteiger partial charge in [-0.05, 0) is 12.1 Å². The molecule has 0 aliphatic heterocycles. The lowest BCUT2D eigenvalue weighted by molar-refractivity contribution is 0.280. The van der Waals surface area contributed by atoms with Crippen LogP contribution in [-0.2, 0) is 24.4 Å². The lowest BCUT2D eigenvalue weighted by Crippen LogP contribution is -2.02. The Hall–Kier alpha value is -0.480. The number of benzene rings is 1. The van der Waals surface area contributed by atoms with Crippen molar-refractivity contribution >= 4 is 18.4 Å². The summed E-state index contributed by atoms with van der Waals surface area (Å²) in [5, 5.41) is 0. The van der Waals surface area contributed by atoms with Gasteiger partial charge in [-0.1, -0.05) is 18.2 Å². The van der Waals surface area contributed by atoms with Crippen LogP contribution >= 0.6 is 7.60 Å². The summed E-state index contributed by atoms with van der Waals surface area (Å²) in [6.07, 6.45) is 0. The molecule has 0 saturated carbocycles. The van der Waals surface area contributed by atoms with Crippen molar-refractivity contribution in [3.63, 3.8) is 0 Å². The maximum atomic E-state index is 11.8. The molecule has 1 aromatic carbocycles. The second-order valence-corrected chi connectivity index (χ2v) is 6.91. The average Bonchev–Trinajstić information content (AvgIpc) is 2.30. The van der Waals surface area contributed by atoms with E-state index in [-0.39, 0.29) is 5.49 Å². The summed E-state index contributed by atoms with van der Waals surface area (Å²) < 4.78 is 32.9. The molecular formula is C9H13O4PS. The molecular weight excluding hydrogens is 235 g/mol. The Morgan fingerprint density at radius 1 is 1.20 bits per heavy atom. The molecule has 1 rings (SSSR count). The molecule has 4 nitrogen and oxygen atoms in total. The maximum absolute atomic E-state index is 11.8. The van der Waals surface area contributed by atoms with E-state index in [2.05, 4.69) is 0 Å². The first kappa shape index (κ1) is 12.6.